The molecule has 0 atom stereocenters. The second-order valence-corrected chi connectivity index (χ2v) is 3.52. The van der Waals surface area contributed by atoms with Crippen LogP contribution in [0.4, 0.5) is 11.5 Å². The smallest absolute Gasteiger partial charge is 0.331 e. The maximum atomic E-state index is 10.6. The van der Waals surface area contributed by atoms with E-state index >= 15 is 0 Å². The molecule has 0 saturated heterocycles. The number of nitrogens with two attached hydrogens (primary N) is 1. The van der Waals surface area contributed by atoms with Crippen LogP contribution in [0.25, 0.3) is 0 Å². The number of nitrogens with zero attached hydrogens (tertiary/aromatic N) is 2. The summed E-state index contributed by atoms with van der Waals surface area (Å²) in [5.74, 6) is 0.459. The average molecular weight is 211 g/mol. The van der Waals surface area contributed by atoms with Gasteiger partial charge in [-0.05, 0) is 12.0 Å². The molecule has 6 nitrogen and oxygen atoms in total. The molecular formula is C9H13N3O3. The van der Waals surface area contributed by atoms with Gasteiger partial charge in [0.1, 0.15) is 5.82 Å². The highest BCUT2D eigenvalue weighted by atomic mass is 16.6. The maximum Gasteiger partial charge on any atom is 0.331 e. The van der Waals surface area contributed by atoms with E-state index in [-0.39, 0.29) is 23.3 Å². The number of ether oxygens (including phenoxy) is 1. The van der Waals surface area contributed by atoms with Crippen molar-refractivity contribution in [3.8, 4) is 5.88 Å². The standard InChI is InChI=1S/C9H13N3O3/c1-6(2)5-15-9-7(12(13)14)3-4-8(10)11-9/h3-4,6H,5H2,1-2H3,(H2,10,11). The molecule has 0 radical (unpaired) electrons. The third-order valence-electron chi connectivity index (χ3n) is 1.61. The SMILES string of the molecule is CC(C)COc1nc(N)ccc1[N+](=O)[O-]. The van der Waals surface area contributed by atoms with Crippen molar-refractivity contribution in [1.29, 1.82) is 0 Å². The Morgan fingerprint density at radius 2 is 2.27 bits per heavy atom. The highest BCUT2D eigenvalue weighted by molar-refractivity contribution is 5.46. The number of hydrogen-bond acceptors (Lipinski definition) is 5. The Kier molecular flexibility index (Phi) is 3.43. The van der Waals surface area contributed by atoms with Crippen molar-refractivity contribution in [3.05, 3.63) is 22.2 Å². The van der Waals surface area contributed by atoms with Crippen molar-refractivity contribution in [2.75, 3.05) is 12.3 Å². The molecule has 0 bridgehead atoms. The first-order chi connectivity index (χ1) is 7.00. The van der Waals surface area contributed by atoms with Crippen molar-refractivity contribution in [3.63, 3.8) is 0 Å². The van der Waals surface area contributed by atoms with Crippen LogP contribution >= 0.6 is 0 Å². The van der Waals surface area contributed by atoms with E-state index in [1.807, 2.05) is 13.8 Å². The van der Waals surface area contributed by atoms with Crippen LogP contribution in [0, 0.1) is 16.0 Å². The second-order valence-electron chi connectivity index (χ2n) is 3.52. The second kappa shape index (κ2) is 4.59. The first-order valence-electron chi connectivity index (χ1n) is 4.54. The Morgan fingerprint density at radius 3 is 2.80 bits per heavy atom. The summed E-state index contributed by atoms with van der Waals surface area (Å²) in [6.07, 6.45) is 0. The van der Waals surface area contributed by atoms with Gasteiger partial charge in [-0.2, -0.15) is 4.98 Å². The van der Waals surface area contributed by atoms with Crippen LogP contribution < -0.4 is 10.5 Å². The lowest BCUT2D eigenvalue weighted by molar-refractivity contribution is -0.386. The maximum absolute atomic E-state index is 10.6. The molecule has 0 amide bonds. The van der Waals surface area contributed by atoms with Gasteiger partial charge in [-0.1, -0.05) is 13.8 Å². The minimum Gasteiger partial charge on any atom is -0.472 e. The van der Waals surface area contributed by atoms with Crippen LogP contribution in [0.5, 0.6) is 5.88 Å². The molecule has 0 aromatic carbocycles. The fraction of sp³-hybridized carbons (Fsp3) is 0.444. The monoisotopic (exact) mass is 211 g/mol. The van der Waals surface area contributed by atoms with Crippen LogP contribution in [0.3, 0.4) is 0 Å². The molecule has 0 unspecified atom stereocenters. The summed E-state index contributed by atoms with van der Waals surface area (Å²) in [4.78, 5) is 13.9. The van der Waals surface area contributed by atoms with E-state index in [4.69, 9.17) is 10.5 Å². The Balaban J connectivity index is 2.92. The third-order valence-corrected chi connectivity index (χ3v) is 1.61. The molecule has 1 aromatic heterocycles. The summed E-state index contributed by atoms with van der Waals surface area (Å²) in [6.45, 7) is 4.26. The van der Waals surface area contributed by atoms with Gasteiger partial charge in [0, 0.05) is 6.07 Å². The van der Waals surface area contributed by atoms with Crippen molar-refractivity contribution in [2.24, 2.45) is 5.92 Å². The van der Waals surface area contributed by atoms with Crippen LogP contribution in [0.15, 0.2) is 12.1 Å². The normalized spacial score (nSPS) is 10.3. The molecule has 6 heteroatoms. The van der Waals surface area contributed by atoms with Gasteiger partial charge < -0.3 is 10.5 Å². The van der Waals surface area contributed by atoms with Gasteiger partial charge in [-0.25, -0.2) is 0 Å². The van der Waals surface area contributed by atoms with E-state index in [2.05, 4.69) is 4.98 Å². The Morgan fingerprint density at radius 1 is 1.60 bits per heavy atom. The summed E-state index contributed by atoms with van der Waals surface area (Å²) in [5.41, 5.74) is 5.26. The van der Waals surface area contributed by atoms with Gasteiger partial charge in [-0.15, -0.1) is 0 Å². The number of aromatic nitrogens is 1. The quantitative estimate of drug-likeness (QED) is 0.603. The van der Waals surface area contributed by atoms with Crippen molar-refractivity contribution in [2.45, 2.75) is 13.8 Å². The minimum absolute atomic E-state index is 0.0197. The lowest BCUT2D eigenvalue weighted by Crippen LogP contribution is -2.08. The van der Waals surface area contributed by atoms with E-state index in [0.29, 0.717) is 6.61 Å². The summed E-state index contributed by atoms with van der Waals surface area (Å²) >= 11 is 0. The van der Waals surface area contributed by atoms with Gasteiger partial charge in [0.15, 0.2) is 0 Å². The minimum atomic E-state index is -0.540. The largest absolute Gasteiger partial charge is 0.472 e. The van der Waals surface area contributed by atoms with E-state index < -0.39 is 4.92 Å². The number of pyridine rings is 1. The molecular weight excluding hydrogens is 198 g/mol. The zero-order valence-electron chi connectivity index (χ0n) is 8.64. The Labute approximate surface area is 87.2 Å². The van der Waals surface area contributed by atoms with Crippen LogP contribution in [-0.4, -0.2) is 16.5 Å². The number of anilines is 1. The predicted octanol–water partition coefficient (Wildman–Crippen LogP) is 1.61. The molecule has 0 fully saturated rings. The third kappa shape index (κ3) is 3.08. The fourth-order valence-corrected chi connectivity index (χ4v) is 0.938. The zero-order valence-corrected chi connectivity index (χ0v) is 8.64. The predicted molar refractivity (Wildman–Crippen MR) is 55.6 cm³/mol. The van der Waals surface area contributed by atoms with Crippen LogP contribution in [0.1, 0.15) is 13.8 Å². The number of rotatable bonds is 4. The van der Waals surface area contributed by atoms with E-state index in [1.54, 1.807) is 0 Å². The lowest BCUT2D eigenvalue weighted by Gasteiger charge is -2.07. The van der Waals surface area contributed by atoms with E-state index in [0.717, 1.165) is 0 Å². The number of hydrogen-bond donors (Lipinski definition) is 1. The van der Waals surface area contributed by atoms with Crippen molar-refractivity contribution in [1.82, 2.24) is 4.98 Å². The molecule has 1 heterocycles. The van der Waals surface area contributed by atoms with Crippen LogP contribution in [0.2, 0.25) is 0 Å². The average Bonchev–Trinajstić information content (AvgIpc) is 2.14. The molecule has 0 aliphatic carbocycles. The van der Waals surface area contributed by atoms with Gasteiger partial charge in [0.25, 0.3) is 5.88 Å². The first kappa shape index (κ1) is 11.2. The summed E-state index contributed by atoms with van der Waals surface area (Å²) in [6, 6.07) is 2.67. The Bertz CT molecular complexity index is 366. The highest BCUT2D eigenvalue weighted by Crippen LogP contribution is 2.25. The summed E-state index contributed by atoms with van der Waals surface area (Å²) < 4.78 is 5.21. The van der Waals surface area contributed by atoms with E-state index in [9.17, 15) is 10.1 Å². The fourth-order valence-electron chi connectivity index (χ4n) is 0.938. The molecule has 82 valence electrons. The van der Waals surface area contributed by atoms with Gasteiger partial charge >= 0.3 is 5.69 Å². The number of nitrogen functional groups attached to an aromatic ring is 1. The van der Waals surface area contributed by atoms with Gasteiger partial charge in [-0.3, -0.25) is 10.1 Å². The van der Waals surface area contributed by atoms with Gasteiger partial charge in [0.05, 0.1) is 11.5 Å². The summed E-state index contributed by atoms with van der Waals surface area (Å²) in [5, 5.41) is 10.6. The number of nitro groups is 1. The zero-order chi connectivity index (χ0) is 11.4. The van der Waals surface area contributed by atoms with Crippen LogP contribution in [-0.2, 0) is 0 Å². The van der Waals surface area contributed by atoms with Crippen molar-refractivity contribution >= 4 is 11.5 Å². The first-order valence-corrected chi connectivity index (χ1v) is 4.54. The highest BCUT2D eigenvalue weighted by Gasteiger charge is 2.17. The summed E-state index contributed by atoms with van der Waals surface area (Å²) in [7, 11) is 0. The molecule has 0 aliphatic rings. The molecule has 15 heavy (non-hydrogen) atoms. The molecule has 2 N–H and O–H groups in total. The topological polar surface area (TPSA) is 91.3 Å². The van der Waals surface area contributed by atoms with Gasteiger partial charge in [0.2, 0.25) is 0 Å². The van der Waals surface area contributed by atoms with Crippen molar-refractivity contribution < 1.29 is 9.66 Å². The molecule has 0 spiro atoms. The molecule has 1 aromatic rings. The molecule has 0 saturated carbocycles. The van der Waals surface area contributed by atoms with E-state index in [1.165, 1.54) is 12.1 Å². The Hall–Kier alpha value is -1.85. The lowest BCUT2D eigenvalue weighted by atomic mass is 10.2. The molecule has 0 aliphatic heterocycles. The molecule has 1 rings (SSSR count).